The SMILES string of the molecule is CSc1ccc(F)cc1-c1cc(C(C)(C)CC(C)(C)C)cc(-n2c3cc(C(C)(C)C)ccc3c3ccc(C(C)(C)C)cc32)c1O. The van der Waals surface area contributed by atoms with Gasteiger partial charge >= 0.3 is 0 Å². The van der Waals surface area contributed by atoms with Gasteiger partial charge in [0, 0.05) is 26.8 Å². The molecule has 0 aliphatic rings. The number of aromatic nitrogens is 1. The second kappa shape index (κ2) is 11.2. The Bertz CT molecular complexity index is 1840. The Morgan fingerprint density at radius 3 is 1.64 bits per heavy atom. The molecule has 0 saturated heterocycles. The van der Waals surface area contributed by atoms with Crippen LogP contribution in [0.25, 0.3) is 38.6 Å². The monoisotopic (exact) mass is 623 g/mol. The molecule has 0 amide bonds. The molecule has 5 aromatic rings. The third-order valence-corrected chi connectivity index (χ3v) is 9.83. The zero-order chi connectivity index (χ0) is 33.3. The van der Waals surface area contributed by atoms with Crippen LogP contribution >= 0.6 is 11.8 Å². The van der Waals surface area contributed by atoms with Crippen molar-refractivity contribution in [3.05, 3.63) is 89.2 Å². The predicted octanol–water partition coefficient (Wildman–Crippen LogP) is 12.3. The van der Waals surface area contributed by atoms with Crippen molar-refractivity contribution >= 4 is 33.6 Å². The molecule has 0 bridgehead atoms. The van der Waals surface area contributed by atoms with Crippen LogP contribution in [0.4, 0.5) is 4.39 Å². The van der Waals surface area contributed by atoms with E-state index in [0.29, 0.717) is 11.1 Å². The lowest BCUT2D eigenvalue weighted by Crippen LogP contribution is -2.25. The van der Waals surface area contributed by atoms with Crippen LogP contribution in [-0.2, 0) is 16.2 Å². The topological polar surface area (TPSA) is 25.2 Å². The normalized spacial score (nSPS) is 13.3. The average Bonchev–Trinajstić information content (AvgIpc) is 3.24. The number of fused-ring (bicyclic) bond motifs is 3. The van der Waals surface area contributed by atoms with Gasteiger partial charge in [-0.1, -0.05) is 100 Å². The summed E-state index contributed by atoms with van der Waals surface area (Å²) in [7, 11) is 0. The summed E-state index contributed by atoms with van der Waals surface area (Å²) < 4.78 is 17.1. The van der Waals surface area contributed by atoms with E-state index in [1.54, 1.807) is 17.8 Å². The minimum atomic E-state index is -0.315. The first-order valence-corrected chi connectivity index (χ1v) is 17.2. The van der Waals surface area contributed by atoms with Gasteiger partial charge in [-0.25, -0.2) is 4.39 Å². The molecule has 1 aromatic heterocycles. The summed E-state index contributed by atoms with van der Waals surface area (Å²) in [6, 6.07) is 22.6. The fourth-order valence-electron chi connectivity index (χ4n) is 6.92. The van der Waals surface area contributed by atoms with Crippen molar-refractivity contribution < 1.29 is 9.50 Å². The summed E-state index contributed by atoms with van der Waals surface area (Å²) in [6.45, 7) is 24.8. The molecule has 0 radical (unpaired) electrons. The van der Waals surface area contributed by atoms with E-state index in [4.69, 9.17) is 0 Å². The zero-order valence-electron chi connectivity index (χ0n) is 29.2. The summed E-state index contributed by atoms with van der Waals surface area (Å²) in [4.78, 5) is 0.927. The number of hydrogen-bond donors (Lipinski definition) is 1. The molecule has 0 aliphatic heterocycles. The Labute approximate surface area is 274 Å². The van der Waals surface area contributed by atoms with Crippen LogP contribution < -0.4 is 0 Å². The van der Waals surface area contributed by atoms with Crippen molar-refractivity contribution in [3.8, 4) is 22.6 Å². The number of phenolic OH excluding ortho intramolecular Hbond substituents is 1. The van der Waals surface area contributed by atoms with E-state index in [9.17, 15) is 9.50 Å². The van der Waals surface area contributed by atoms with Crippen LogP contribution in [0.2, 0.25) is 0 Å². The standard InChI is InChI=1S/C41H50FNOS/c1-38(2,3)24-41(10,11)27-19-32(31-23-28(42)15-18-36(31)45-12)37(44)35(22-27)43-33-20-25(39(4,5)6)13-16-29(33)30-17-14-26(21-34(30)43)40(7,8)9/h13-23,44H,24H2,1-12H3. The van der Waals surface area contributed by atoms with Gasteiger partial charge < -0.3 is 9.67 Å². The molecule has 0 fully saturated rings. The second-order valence-corrected chi connectivity index (χ2v) is 17.5. The molecule has 238 valence electrons. The molecule has 4 heteroatoms. The van der Waals surface area contributed by atoms with Gasteiger partial charge in [-0.2, -0.15) is 0 Å². The number of halogens is 1. The van der Waals surface area contributed by atoms with Crippen LogP contribution in [0, 0.1) is 11.2 Å². The first kappa shape index (κ1) is 33.1. The number of aromatic hydroxyl groups is 1. The van der Waals surface area contributed by atoms with E-state index < -0.39 is 0 Å². The smallest absolute Gasteiger partial charge is 0.147 e. The van der Waals surface area contributed by atoms with E-state index in [2.05, 4.69) is 129 Å². The van der Waals surface area contributed by atoms with Crippen molar-refractivity contribution in [1.82, 2.24) is 4.57 Å². The molecule has 5 rings (SSSR count). The quantitative estimate of drug-likeness (QED) is 0.197. The maximum Gasteiger partial charge on any atom is 0.147 e. The molecule has 1 N–H and O–H groups in total. The van der Waals surface area contributed by atoms with E-state index in [1.165, 1.54) is 17.2 Å². The average molecular weight is 624 g/mol. The molecule has 0 saturated carbocycles. The number of phenols is 1. The number of benzene rings is 4. The van der Waals surface area contributed by atoms with Crippen LogP contribution in [0.15, 0.2) is 71.6 Å². The number of nitrogens with zero attached hydrogens (tertiary/aromatic N) is 1. The van der Waals surface area contributed by atoms with Gasteiger partial charge in [-0.15, -0.1) is 11.8 Å². The predicted molar refractivity (Wildman–Crippen MR) is 194 cm³/mol. The first-order chi connectivity index (χ1) is 20.7. The summed E-state index contributed by atoms with van der Waals surface area (Å²) in [5, 5.41) is 14.7. The summed E-state index contributed by atoms with van der Waals surface area (Å²) >= 11 is 1.56. The van der Waals surface area contributed by atoms with Gasteiger partial charge in [0.2, 0.25) is 0 Å². The second-order valence-electron chi connectivity index (χ2n) is 16.7. The molecular weight excluding hydrogens is 574 g/mol. The van der Waals surface area contributed by atoms with E-state index in [1.807, 2.05) is 12.3 Å². The first-order valence-electron chi connectivity index (χ1n) is 16.0. The number of hydrogen-bond acceptors (Lipinski definition) is 2. The third kappa shape index (κ3) is 6.41. The number of rotatable bonds is 5. The van der Waals surface area contributed by atoms with Crippen molar-refractivity contribution in [2.24, 2.45) is 5.41 Å². The molecule has 1 heterocycles. The van der Waals surface area contributed by atoms with Gasteiger partial charge in [-0.05, 0) is 93.5 Å². The van der Waals surface area contributed by atoms with Gasteiger partial charge in [0.05, 0.1) is 16.7 Å². The molecule has 0 spiro atoms. The Hall–Kier alpha value is -3.24. The minimum absolute atomic E-state index is 0.0510. The van der Waals surface area contributed by atoms with Crippen LogP contribution in [0.3, 0.4) is 0 Å². The highest BCUT2D eigenvalue weighted by Crippen LogP contribution is 2.47. The van der Waals surface area contributed by atoms with Crippen molar-refractivity contribution in [1.29, 1.82) is 0 Å². The van der Waals surface area contributed by atoms with Crippen LogP contribution in [-0.4, -0.2) is 15.9 Å². The highest BCUT2D eigenvalue weighted by atomic mass is 32.2. The van der Waals surface area contributed by atoms with Crippen molar-refractivity contribution in [3.63, 3.8) is 0 Å². The number of thioether (sulfide) groups is 1. The fraction of sp³-hybridized carbons (Fsp3) is 0.415. The molecule has 4 aromatic carbocycles. The molecule has 45 heavy (non-hydrogen) atoms. The van der Waals surface area contributed by atoms with Crippen LogP contribution in [0.5, 0.6) is 5.75 Å². The lowest BCUT2D eigenvalue weighted by atomic mass is 9.71. The van der Waals surface area contributed by atoms with E-state index >= 15 is 0 Å². The van der Waals surface area contributed by atoms with Gasteiger partial charge in [0.1, 0.15) is 11.6 Å². The highest BCUT2D eigenvalue weighted by molar-refractivity contribution is 7.98. The van der Waals surface area contributed by atoms with Gasteiger partial charge in [0.15, 0.2) is 0 Å². The van der Waals surface area contributed by atoms with E-state index in [-0.39, 0.29) is 33.2 Å². The summed E-state index contributed by atoms with van der Waals surface area (Å²) in [5.74, 6) is -0.156. The molecular formula is C41H50FNOS. The summed E-state index contributed by atoms with van der Waals surface area (Å²) in [5.41, 5.74) is 7.54. The Balaban J connectivity index is 1.98. The zero-order valence-corrected chi connectivity index (χ0v) is 30.1. The molecule has 0 unspecified atom stereocenters. The minimum Gasteiger partial charge on any atom is -0.505 e. The van der Waals surface area contributed by atoms with Gasteiger partial charge in [0.25, 0.3) is 0 Å². The molecule has 2 nitrogen and oxygen atoms in total. The lowest BCUT2D eigenvalue weighted by Gasteiger charge is -2.34. The Morgan fingerprint density at radius 2 is 1.18 bits per heavy atom. The van der Waals surface area contributed by atoms with E-state index in [0.717, 1.165) is 44.4 Å². The summed E-state index contributed by atoms with van der Waals surface area (Å²) in [6.07, 6.45) is 2.94. The van der Waals surface area contributed by atoms with Crippen LogP contribution in [0.1, 0.15) is 99.3 Å². The maximum absolute atomic E-state index is 14.9. The molecule has 0 atom stereocenters. The Morgan fingerprint density at radius 1 is 0.644 bits per heavy atom. The van der Waals surface area contributed by atoms with Gasteiger partial charge in [-0.3, -0.25) is 0 Å². The highest BCUT2D eigenvalue weighted by Gasteiger charge is 2.31. The lowest BCUT2D eigenvalue weighted by molar-refractivity contribution is 0.284. The van der Waals surface area contributed by atoms with Crippen molar-refractivity contribution in [2.75, 3.05) is 6.26 Å². The maximum atomic E-state index is 14.9. The Kier molecular flexibility index (Phi) is 8.27. The molecule has 0 aliphatic carbocycles. The third-order valence-electron chi connectivity index (χ3n) is 9.04. The largest absolute Gasteiger partial charge is 0.505 e. The van der Waals surface area contributed by atoms with Crippen molar-refractivity contribution in [2.45, 2.75) is 104 Å². The fourth-order valence-corrected chi connectivity index (χ4v) is 7.51.